The average molecular weight is 273 g/mol. The van der Waals surface area contributed by atoms with Crippen molar-refractivity contribution in [1.29, 1.82) is 0 Å². The van der Waals surface area contributed by atoms with Crippen LogP contribution in [0.4, 0.5) is 0 Å². The van der Waals surface area contributed by atoms with Gasteiger partial charge in [0.15, 0.2) is 0 Å². The molecule has 0 aromatic carbocycles. The molecule has 1 aliphatic rings. The molecule has 1 aromatic rings. The van der Waals surface area contributed by atoms with Gasteiger partial charge in [-0.25, -0.2) is 4.79 Å². The molecular formula is C17H23NO2. The molecule has 1 aromatic heterocycles. The molecule has 1 aliphatic carbocycles. The van der Waals surface area contributed by atoms with Crippen LogP contribution in [0.1, 0.15) is 55.2 Å². The van der Waals surface area contributed by atoms with E-state index in [4.69, 9.17) is 4.74 Å². The Morgan fingerprint density at radius 2 is 2.25 bits per heavy atom. The van der Waals surface area contributed by atoms with E-state index >= 15 is 0 Å². The Kier molecular flexibility index (Phi) is 4.83. The summed E-state index contributed by atoms with van der Waals surface area (Å²) in [5.74, 6) is -0.241. The monoisotopic (exact) mass is 273 g/mol. The molecule has 0 spiro atoms. The predicted octanol–water partition coefficient (Wildman–Crippen LogP) is 3.96. The number of nitrogens with one attached hydrogen (secondary N) is 1. The second kappa shape index (κ2) is 6.60. The van der Waals surface area contributed by atoms with E-state index in [1.54, 1.807) is 0 Å². The quantitative estimate of drug-likeness (QED) is 0.651. The lowest BCUT2D eigenvalue weighted by atomic mass is 9.91. The van der Waals surface area contributed by atoms with Gasteiger partial charge in [0.2, 0.25) is 0 Å². The van der Waals surface area contributed by atoms with Crippen molar-refractivity contribution >= 4 is 5.97 Å². The second-order valence-corrected chi connectivity index (χ2v) is 5.45. The van der Waals surface area contributed by atoms with Gasteiger partial charge in [-0.2, -0.15) is 0 Å². The molecule has 1 heterocycles. The Hall–Kier alpha value is -1.77. The minimum atomic E-state index is -0.241. The van der Waals surface area contributed by atoms with Crippen molar-refractivity contribution in [2.75, 3.05) is 6.61 Å². The largest absolute Gasteiger partial charge is 0.461 e. The van der Waals surface area contributed by atoms with Crippen LogP contribution in [0.2, 0.25) is 0 Å². The van der Waals surface area contributed by atoms with E-state index in [-0.39, 0.29) is 5.97 Å². The number of ether oxygens (including phenoxy) is 1. The minimum absolute atomic E-state index is 0.241. The summed E-state index contributed by atoms with van der Waals surface area (Å²) in [6.07, 6.45) is 10.5. The summed E-state index contributed by atoms with van der Waals surface area (Å²) in [6.45, 7) is 6.50. The fourth-order valence-electron chi connectivity index (χ4n) is 2.57. The van der Waals surface area contributed by atoms with E-state index in [1.165, 1.54) is 16.7 Å². The number of carbonyl (C=O) groups excluding carboxylic acids is 1. The lowest BCUT2D eigenvalue weighted by Crippen LogP contribution is -2.10. The topological polar surface area (TPSA) is 42.1 Å². The molecule has 3 nitrogen and oxygen atoms in total. The summed E-state index contributed by atoms with van der Waals surface area (Å²) in [7, 11) is 0. The third-order valence-corrected chi connectivity index (χ3v) is 3.59. The Morgan fingerprint density at radius 3 is 2.95 bits per heavy atom. The molecule has 0 saturated carbocycles. The summed E-state index contributed by atoms with van der Waals surface area (Å²) < 4.78 is 5.07. The van der Waals surface area contributed by atoms with E-state index < -0.39 is 0 Å². The van der Waals surface area contributed by atoms with Crippen LogP contribution in [0, 0.1) is 0 Å². The first-order valence-corrected chi connectivity index (χ1v) is 7.29. The van der Waals surface area contributed by atoms with Crippen molar-refractivity contribution in [3.63, 3.8) is 0 Å². The number of carbonyl (C=O) groups is 1. The zero-order valence-electron chi connectivity index (χ0n) is 12.6. The van der Waals surface area contributed by atoms with Gasteiger partial charge in [0.05, 0.1) is 6.61 Å². The van der Waals surface area contributed by atoms with Crippen LogP contribution >= 0.6 is 0 Å². The maximum absolute atomic E-state index is 11.8. The molecule has 0 aliphatic heterocycles. The summed E-state index contributed by atoms with van der Waals surface area (Å²) >= 11 is 0. The normalized spacial score (nSPS) is 13.4. The second-order valence-electron chi connectivity index (χ2n) is 5.45. The number of esters is 1. The molecule has 20 heavy (non-hydrogen) atoms. The van der Waals surface area contributed by atoms with Crippen molar-refractivity contribution in [3.05, 3.63) is 46.3 Å². The molecule has 0 atom stereocenters. The Morgan fingerprint density at radius 1 is 1.45 bits per heavy atom. The fraction of sp³-hybridized carbons (Fsp3) is 0.471. The molecule has 2 rings (SSSR count). The molecule has 1 N–H and O–H groups in total. The zero-order chi connectivity index (χ0) is 14.5. The minimum Gasteiger partial charge on any atom is -0.461 e. The van der Waals surface area contributed by atoms with Crippen LogP contribution in [-0.4, -0.2) is 17.6 Å². The lowest BCUT2D eigenvalue weighted by molar-refractivity contribution is 0.0519. The highest BCUT2D eigenvalue weighted by molar-refractivity contribution is 5.89. The molecule has 0 amide bonds. The SMILES string of the molecule is CCOC(=O)c1[nH]cc2c1CC=C(CCC=C(C)C)C2. The number of hydrogen-bond acceptors (Lipinski definition) is 2. The van der Waals surface area contributed by atoms with Crippen molar-refractivity contribution in [2.24, 2.45) is 0 Å². The van der Waals surface area contributed by atoms with Gasteiger partial charge in [0.1, 0.15) is 5.69 Å². The van der Waals surface area contributed by atoms with Gasteiger partial charge in [-0.3, -0.25) is 0 Å². The predicted molar refractivity (Wildman–Crippen MR) is 80.9 cm³/mol. The highest BCUT2D eigenvalue weighted by Crippen LogP contribution is 2.26. The van der Waals surface area contributed by atoms with Gasteiger partial charge in [-0.15, -0.1) is 0 Å². The molecule has 0 bridgehead atoms. The highest BCUT2D eigenvalue weighted by Gasteiger charge is 2.20. The number of aromatic nitrogens is 1. The van der Waals surface area contributed by atoms with Crippen LogP contribution in [0.3, 0.4) is 0 Å². The summed E-state index contributed by atoms with van der Waals surface area (Å²) in [5.41, 5.74) is 5.80. The van der Waals surface area contributed by atoms with Crippen LogP contribution in [0.15, 0.2) is 29.5 Å². The molecule has 0 saturated heterocycles. The number of hydrogen-bond donors (Lipinski definition) is 1. The van der Waals surface area contributed by atoms with Crippen LogP contribution in [0.5, 0.6) is 0 Å². The van der Waals surface area contributed by atoms with Crippen molar-refractivity contribution in [3.8, 4) is 0 Å². The fourth-order valence-corrected chi connectivity index (χ4v) is 2.57. The molecule has 0 unspecified atom stereocenters. The molecule has 0 radical (unpaired) electrons. The molecule has 108 valence electrons. The van der Waals surface area contributed by atoms with Crippen molar-refractivity contribution in [2.45, 2.75) is 46.5 Å². The third-order valence-electron chi connectivity index (χ3n) is 3.59. The van der Waals surface area contributed by atoms with E-state index in [9.17, 15) is 4.79 Å². The molecule has 0 fully saturated rings. The van der Waals surface area contributed by atoms with Gasteiger partial charge >= 0.3 is 5.97 Å². The first kappa shape index (κ1) is 14.6. The van der Waals surface area contributed by atoms with Crippen LogP contribution < -0.4 is 0 Å². The number of aromatic amines is 1. The van der Waals surface area contributed by atoms with Gasteiger partial charge in [0.25, 0.3) is 0 Å². The van der Waals surface area contributed by atoms with E-state index in [1.807, 2.05) is 13.1 Å². The zero-order valence-corrected chi connectivity index (χ0v) is 12.6. The van der Waals surface area contributed by atoms with Crippen molar-refractivity contribution in [1.82, 2.24) is 4.98 Å². The first-order chi connectivity index (χ1) is 9.61. The maximum atomic E-state index is 11.8. The van der Waals surface area contributed by atoms with E-state index in [2.05, 4.69) is 31.0 Å². The maximum Gasteiger partial charge on any atom is 0.355 e. The summed E-state index contributed by atoms with van der Waals surface area (Å²) in [4.78, 5) is 14.9. The highest BCUT2D eigenvalue weighted by atomic mass is 16.5. The van der Waals surface area contributed by atoms with E-state index in [0.717, 1.165) is 31.2 Å². The molecule has 3 heteroatoms. The van der Waals surface area contributed by atoms with E-state index in [0.29, 0.717) is 12.3 Å². The third kappa shape index (κ3) is 3.41. The average Bonchev–Trinajstić information content (AvgIpc) is 2.81. The van der Waals surface area contributed by atoms with Gasteiger partial charge in [0, 0.05) is 6.20 Å². The van der Waals surface area contributed by atoms with Crippen LogP contribution in [-0.2, 0) is 17.6 Å². The Bertz CT molecular complexity index is 545. The summed E-state index contributed by atoms with van der Waals surface area (Å²) in [5, 5.41) is 0. The number of rotatable bonds is 5. The first-order valence-electron chi connectivity index (χ1n) is 7.29. The standard InChI is InChI=1S/C17H23NO2/c1-4-20-17(19)16-15-9-8-13(7-5-6-12(2)3)10-14(15)11-18-16/h6,8,11,18H,4-5,7,9-10H2,1-3H3. The van der Waals surface area contributed by atoms with Crippen molar-refractivity contribution < 1.29 is 9.53 Å². The Balaban J connectivity index is 2.02. The number of fused-ring (bicyclic) bond motifs is 1. The van der Waals surface area contributed by atoms with Crippen LogP contribution in [0.25, 0.3) is 0 Å². The smallest absolute Gasteiger partial charge is 0.355 e. The Labute approximate surface area is 120 Å². The number of allylic oxidation sites excluding steroid dienone is 4. The van der Waals surface area contributed by atoms with Gasteiger partial charge < -0.3 is 9.72 Å². The summed E-state index contributed by atoms with van der Waals surface area (Å²) in [6, 6.07) is 0. The lowest BCUT2D eigenvalue weighted by Gasteiger charge is -2.14. The van der Waals surface area contributed by atoms with Gasteiger partial charge in [-0.1, -0.05) is 23.3 Å². The van der Waals surface area contributed by atoms with Gasteiger partial charge in [-0.05, 0) is 57.6 Å². The molecular weight excluding hydrogens is 250 g/mol. The number of H-pyrrole nitrogens is 1.